The van der Waals surface area contributed by atoms with Gasteiger partial charge in [-0.3, -0.25) is 4.98 Å². The van der Waals surface area contributed by atoms with Crippen LogP contribution in [0, 0.1) is 0 Å². The van der Waals surface area contributed by atoms with Gasteiger partial charge < -0.3 is 9.84 Å². The van der Waals surface area contributed by atoms with E-state index >= 15 is 0 Å². The molecule has 0 radical (unpaired) electrons. The van der Waals surface area contributed by atoms with Gasteiger partial charge in [-0.1, -0.05) is 18.1 Å². The molecule has 0 bridgehead atoms. The Bertz CT molecular complexity index is 708. The van der Waals surface area contributed by atoms with Crippen molar-refractivity contribution in [1.82, 2.24) is 20.4 Å². The highest BCUT2D eigenvalue weighted by molar-refractivity contribution is 5.82. The lowest BCUT2D eigenvalue weighted by molar-refractivity contribution is 0.368. The predicted octanol–water partition coefficient (Wildman–Crippen LogP) is 2.78. The van der Waals surface area contributed by atoms with Gasteiger partial charge in [0.15, 0.2) is 0 Å². The summed E-state index contributed by atoms with van der Waals surface area (Å²) in [5, 5.41) is 8.33. The van der Waals surface area contributed by atoms with E-state index in [-0.39, 0.29) is 0 Å². The zero-order valence-corrected chi connectivity index (χ0v) is 11.3. The lowest BCUT2D eigenvalue weighted by atomic mass is 10.1. The molecule has 5 heteroatoms. The van der Waals surface area contributed by atoms with E-state index in [0.717, 1.165) is 29.4 Å². The Balaban J connectivity index is 1.83. The third kappa shape index (κ3) is 2.67. The lowest BCUT2D eigenvalue weighted by Crippen LogP contribution is -2.13. The summed E-state index contributed by atoms with van der Waals surface area (Å²) >= 11 is 0. The predicted molar refractivity (Wildman–Crippen MR) is 77.0 cm³/mol. The van der Waals surface area contributed by atoms with Crippen molar-refractivity contribution in [3.63, 3.8) is 0 Å². The Morgan fingerprint density at radius 1 is 1.25 bits per heavy atom. The van der Waals surface area contributed by atoms with Crippen molar-refractivity contribution < 1.29 is 4.52 Å². The second-order valence-electron chi connectivity index (χ2n) is 4.60. The van der Waals surface area contributed by atoms with Gasteiger partial charge in [-0.25, -0.2) is 0 Å². The van der Waals surface area contributed by atoms with Gasteiger partial charge in [0.2, 0.25) is 11.7 Å². The second-order valence-corrected chi connectivity index (χ2v) is 4.60. The van der Waals surface area contributed by atoms with Gasteiger partial charge in [-0.15, -0.1) is 0 Å². The summed E-state index contributed by atoms with van der Waals surface area (Å²) in [5.74, 6) is 1.23. The molecule has 2 heterocycles. The second kappa shape index (κ2) is 5.79. The Morgan fingerprint density at radius 2 is 2.20 bits per heavy atom. The van der Waals surface area contributed by atoms with Crippen molar-refractivity contribution in [2.24, 2.45) is 0 Å². The molecule has 1 N–H and O–H groups in total. The molecule has 0 unspecified atom stereocenters. The first kappa shape index (κ1) is 12.7. The molecule has 0 saturated carbocycles. The van der Waals surface area contributed by atoms with Crippen molar-refractivity contribution in [2.45, 2.75) is 19.9 Å². The van der Waals surface area contributed by atoms with Gasteiger partial charge in [-0.2, -0.15) is 4.98 Å². The summed E-state index contributed by atoms with van der Waals surface area (Å²) in [5.41, 5.74) is 1.90. The minimum Gasteiger partial charge on any atom is -0.338 e. The van der Waals surface area contributed by atoms with Crippen molar-refractivity contribution in [3.05, 3.63) is 42.4 Å². The standard InChI is InChI=1S/C15H16N4O/c1-2-7-16-10-14-18-15(19-20-14)12-5-6-13-11(9-12)4-3-8-17-13/h3-6,8-9,16H,2,7,10H2,1H3. The molecule has 0 aliphatic rings. The number of fused-ring (bicyclic) bond motifs is 1. The highest BCUT2D eigenvalue weighted by Crippen LogP contribution is 2.21. The average molecular weight is 268 g/mol. The maximum absolute atomic E-state index is 5.24. The highest BCUT2D eigenvalue weighted by Gasteiger charge is 2.08. The molecule has 0 aliphatic heterocycles. The highest BCUT2D eigenvalue weighted by atomic mass is 16.5. The van der Waals surface area contributed by atoms with E-state index in [1.165, 1.54) is 0 Å². The maximum atomic E-state index is 5.24. The number of rotatable bonds is 5. The van der Waals surface area contributed by atoms with Gasteiger partial charge in [-0.05, 0) is 37.2 Å². The van der Waals surface area contributed by atoms with E-state index < -0.39 is 0 Å². The molecule has 0 saturated heterocycles. The number of hydrogen-bond donors (Lipinski definition) is 1. The van der Waals surface area contributed by atoms with Crippen LogP contribution in [0.15, 0.2) is 41.1 Å². The zero-order chi connectivity index (χ0) is 13.8. The third-order valence-corrected chi connectivity index (χ3v) is 3.03. The molecule has 0 atom stereocenters. The van der Waals surface area contributed by atoms with Crippen LogP contribution in [0.1, 0.15) is 19.2 Å². The third-order valence-electron chi connectivity index (χ3n) is 3.03. The average Bonchev–Trinajstić information content (AvgIpc) is 2.96. The van der Waals surface area contributed by atoms with Gasteiger partial charge in [0, 0.05) is 17.1 Å². The van der Waals surface area contributed by atoms with E-state index in [4.69, 9.17) is 4.52 Å². The maximum Gasteiger partial charge on any atom is 0.240 e. The quantitative estimate of drug-likeness (QED) is 0.721. The molecule has 2 aromatic heterocycles. The summed E-state index contributed by atoms with van der Waals surface area (Å²) in [6.45, 7) is 3.67. The number of nitrogens with one attached hydrogen (secondary N) is 1. The van der Waals surface area contributed by atoms with Crippen LogP contribution in [0.2, 0.25) is 0 Å². The number of benzene rings is 1. The lowest BCUT2D eigenvalue weighted by Gasteiger charge is -1.98. The van der Waals surface area contributed by atoms with Gasteiger partial charge in [0.25, 0.3) is 0 Å². The molecule has 102 valence electrons. The SMILES string of the molecule is CCCNCc1nc(-c2ccc3ncccc3c2)no1. The van der Waals surface area contributed by atoms with Crippen molar-refractivity contribution in [1.29, 1.82) is 0 Å². The molecule has 3 aromatic rings. The Morgan fingerprint density at radius 3 is 3.10 bits per heavy atom. The van der Waals surface area contributed by atoms with Crippen molar-refractivity contribution >= 4 is 10.9 Å². The summed E-state index contributed by atoms with van der Waals surface area (Å²) in [4.78, 5) is 8.70. The summed E-state index contributed by atoms with van der Waals surface area (Å²) in [6.07, 6.45) is 2.87. The topological polar surface area (TPSA) is 63.8 Å². The Kier molecular flexibility index (Phi) is 3.69. The summed E-state index contributed by atoms with van der Waals surface area (Å²) < 4.78 is 5.24. The molecule has 3 rings (SSSR count). The van der Waals surface area contributed by atoms with Crippen LogP contribution >= 0.6 is 0 Å². The first-order chi connectivity index (χ1) is 9.86. The van der Waals surface area contributed by atoms with Crippen LogP contribution in [0.25, 0.3) is 22.3 Å². The van der Waals surface area contributed by atoms with E-state index in [1.54, 1.807) is 6.20 Å². The molecular formula is C15H16N4O. The van der Waals surface area contributed by atoms with Crippen LogP contribution in [-0.4, -0.2) is 21.7 Å². The first-order valence-corrected chi connectivity index (χ1v) is 6.75. The fraction of sp³-hybridized carbons (Fsp3) is 0.267. The molecule has 0 amide bonds. The van der Waals surface area contributed by atoms with Crippen molar-refractivity contribution in [2.75, 3.05) is 6.54 Å². The fourth-order valence-electron chi connectivity index (χ4n) is 2.03. The molecule has 20 heavy (non-hydrogen) atoms. The number of hydrogen-bond acceptors (Lipinski definition) is 5. The largest absolute Gasteiger partial charge is 0.338 e. The van der Waals surface area contributed by atoms with Gasteiger partial charge in [0.05, 0.1) is 12.1 Å². The van der Waals surface area contributed by atoms with Gasteiger partial charge in [0.1, 0.15) is 0 Å². The summed E-state index contributed by atoms with van der Waals surface area (Å²) in [6, 6.07) is 9.90. The minimum absolute atomic E-state index is 0.607. The molecular weight excluding hydrogens is 252 g/mol. The van der Waals surface area contributed by atoms with Crippen molar-refractivity contribution in [3.8, 4) is 11.4 Å². The number of nitrogens with zero attached hydrogens (tertiary/aromatic N) is 3. The monoisotopic (exact) mass is 268 g/mol. The Hall–Kier alpha value is -2.27. The summed E-state index contributed by atoms with van der Waals surface area (Å²) in [7, 11) is 0. The molecule has 0 fully saturated rings. The van der Waals surface area contributed by atoms with E-state index in [0.29, 0.717) is 18.3 Å². The normalized spacial score (nSPS) is 11.1. The van der Waals surface area contributed by atoms with E-state index in [2.05, 4.69) is 27.4 Å². The van der Waals surface area contributed by atoms with Gasteiger partial charge >= 0.3 is 0 Å². The minimum atomic E-state index is 0.607. The van der Waals surface area contributed by atoms with Crippen LogP contribution in [-0.2, 0) is 6.54 Å². The molecule has 1 aromatic carbocycles. The zero-order valence-electron chi connectivity index (χ0n) is 11.3. The smallest absolute Gasteiger partial charge is 0.240 e. The fourth-order valence-corrected chi connectivity index (χ4v) is 2.03. The number of aromatic nitrogens is 3. The van der Waals surface area contributed by atoms with Crippen LogP contribution < -0.4 is 5.32 Å². The Labute approximate surface area is 117 Å². The van der Waals surface area contributed by atoms with Crippen LogP contribution in [0.3, 0.4) is 0 Å². The van der Waals surface area contributed by atoms with E-state index in [1.807, 2.05) is 30.3 Å². The van der Waals surface area contributed by atoms with Crippen LogP contribution in [0.5, 0.6) is 0 Å². The van der Waals surface area contributed by atoms with Crippen LogP contribution in [0.4, 0.5) is 0 Å². The number of pyridine rings is 1. The molecule has 5 nitrogen and oxygen atoms in total. The van der Waals surface area contributed by atoms with E-state index in [9.17, 15) is 0 Å². The molecule has 0 spiro atoms. The molecule has 0 aliphatic carbocycles. The first-order valence-electron chi connectivity index (χ1n) is 6.75.